The number of hydrogen-bond acceptors (Lipinski definition) is 2. The summed E-state index contributed by atoms with van der Waals surface area (Å²) in [5, 5.41) is 0. The number of rotatable bonds is 4. The van der Waals surface area contributed by atoms with Crippen LogP contribution in [-0.2, 0) is 0 Å². The summed E-state index contributed by atoms with van der Waals surface area (Å²) < 4.78 is 0. The van der Waals surface area contributed by atoms with Gasteiger partial charge in [-0.3, -0.25) is 9.98 Å². The van der Waals surface area contributed by atoms with Crippen LogP contribution in [0.4, 0.5) is 0 Å². The Hall–Kier alpha value is -0.660. The fourth-order valence-electron chi connectivity index (χ4n) is 0.977. The van der Waals surface area contributed by atoms with Gasteiger partial charge in [-0.15, -0.1) is 0 Å². The van der Waals surface area contributed by atoms with Crippen LogP contribution in [0.2, 0.25) is 0 Å². The Balaban J connectivity index is 3.57. The minimum Gasteiger partial charge on any atom is -0.292 e. The number of nitrogens with zero attached hydrogens (tertiary/aromatic N) is 2. The maximum Gasteiger partial charge on any atom is 0.0520 e. The van der Waals surface area contributed by atoms with Crippen LogP contribution in [0, 0.1) is 0 Å². The Morgan fingerprint density at radius 3 is 1.33 bits per heavy atom. The molecule has 0 fully saturated rings. The van der Waals surface area contributed by atoms with Gasteiger partial charge in [0.05, 0.1) is 11.1 Å². The molecule has 0 unspecified atom stereocenters. The van der Waals surface area contributed by atoms with Crippen molar-refractivity contribution < 1.29 is 0 Å². The molecule has 0 rings (SSSR count). The van der Waals surface area contributed by atoms with Gasteiger partial charge in [-0.05, 0) is 73.2 Å². The van der Waals surface area contributed by atoms with E-state index in [0.29, 0.717) is 0 Å². The van der Waals surface area contributed by atoms with Gasteiger partial charge in [-0.2, -0.15) is 0 Å². The summed E-state index contributed by atoms with van der Waals surface area (Å²) in [6, 6.07) is 0. The highest BCUT2D eigenvalue weighted by Gasteiger charge is 2.04. The summed E-state index contributed by atoms with van der Waals surface area (Å²) in [5.74, 6) is 0. The highest BCUT2D eigenvalue weighted by atomic mass is 14.8. The van der Waals surface area contributed by atoms with Crippen LogP contribution in [0.15, 0.2) is 9.98 Å². The van der Waals surface area contributed by atoms with Gasteiger partial charge < -0.3 is 0 Å². The second-order valence-corrected chi connectivity index (χ2v) is 5.90. The largest absolute Gasteiger partial charge is 0.292 e. The van der Waals surface area contributed by atoms with E-state index >= 15 is 0 Å². The molecule has 0 atom stereocenters. The SMILES string of the molecule is CC(C)(C)N=CCCCC=NC(C)(C)C. The Bertz CT molecular complexity index is 190. The molecular weight excluding hydrogens is 184 g/mol. The molecule has 0 heterocycles. The molecule has 0 radical (unpaired) electrons. The molecule has 2 nitrogen and oxygen atoms in total. The van der Waals surface area contributed by atoms with Crippen molar-refractivity contribution in [3.05, 3.63) is 0 Å². The first-order valence-corrected chi connectivity index (χ1v) is 5.78. The van der Waals surface area contributed by atoms with Gasteiger partial charge >= 0.3 is 0 Å². The molecule has 0 bridgehead atoms. The fourth-order valence-corrected chi connectivity index (χ4v) is 0.977. The smallest absolute Gasteiger partial charge is 0.0520 e. The fraction of sp³-hybridized carbons (Fsp3) is 0.846. The molecule has 0 aromatic rings. The minimum absolute atomic E-state index is 0.0689. The van der Waals surface area contributed by atoms with Crippen molar-refractivity contribution in [1.82, 2.24) is 0 Å². The van der Waals surface area contributed by atoms with E-state index in [9.17, 15) is 0 Å². The third-order valence-electron chi connectivity index (χ3n) is 1.62. The molecule has 0 spiro atoms. The van der Waals surface area contributed by atoms with E-state index in [1.54, 1.807) is 0 Å². The van der Waals surface area contributed by atoms with Crippen LogP contribution in [0.3, 0.4) is 0 Å². The van der Waals surface area contributed by atoms with Crippen LogP contribution < -0.4 is 0 Å². The molecule has 0 saturated carbocycles. The Morgan fingerprint density at radius 2 is 1.07 bits per heavy atom. The maximum atomic E-state index is 4.43. The third-order valence-corrected chi connectivity index (χ3v) is 1.62. The lowest BCUT2D eigenvalue weighted by atomic mass is 10.1. The first kappa shape index (κ1) is 14.3. The first-order valence-electron chi connectivity index (χ1n) is 5.78. The predicted molar refractivity (Wildman–Crippen MR) is 70.3 cm³/mol. The van der Waals surface area contributed by atoms with Crippen LogP contribution in [0.25, 0.3) is 0 Å². The molecular formula is C13H26N2. The topological polar surface area (TPSA) is 24.7 Å². The van der Waals surface area contributed by atoms with E-state index < -0.39 is 0 Å². The van der Waals surface area contributed by atoms with Crippen molar-refractivity contribution in [2.75, 3.05) is 0 Å². The normalized spacial score (nSPS) is 14.3. The van der Waals surface area contributed by atoms with Gasteiger partial charge in [0, 0.05) is 0 Å². The summed E-state index contributed by atoms with van der Waals surface area (Å²) in [6.45, 7) is 12.7. The quantitative estimate of drug-likeness (QED) is 0.497. The van der Waals surface area contributed by atoms with E-state index in [1.165, 1.54) is 0 Å². The van der Waals surface area contributed by atoms with Crippen molar-refractivity contribution in [3.8, 4) is 0 Å². The van der Waals surface area contributed by atoms with E-state index in [1.807, 2.05) is 12.4 Å². The molecule has 0 saturated heterocycles. The summed E-state index contributed by atoms with van der Waals surface area (Å²) in [6.07, 6.45) is 7.30. The summed E-state index contributed by atoms with van der Waals surface area (Å²) >= 11 is 0. The van der Waals surface area contributed by atoms with E-state index in [0.717, 1.165) is 19.3 Å². The summed E-state index contributed by atoms with van der Waals surface area (Å²) in [5.41, 5.74) is 0.138. The lowest BCUT2D eigenvalue weighted by molar-refractivity contribution is 0.583. The second kappa shape index (κ2) is 6.04. The molecule has 0 aromatic carbocycles. The number of unbranched alkanes of at least 4 members (excludes halogenated alkanes) is 2. The van der Waals surface area contributed by atoms with Gasteiger partial charge in [0.1, 0.15) is 0 Å². The Labute approximate surface area is 94.9 Å². The van der Waals surface area contributed by atoms with E-state index in [-0.39, 0.29) is 11.1 Å². The number of aliphatic imine (C=N–C) groups is 2. The predicted octanol–water partition coefficient (Wildman–Crippen LogP) is 3.90. The zero-order valence-electron chi connectivity index (χ0n) is 11.2. The van der Waals surface area contributed by atoms with Crippen LogP contribution >= 0.6 is 0 Å². The zero-order valence-corrected chi connectivity index (χ0v) is 11.2. The molecule has 2 heteroatoms. The van der Waals surface area contributed by atoms with Crippen LogP contribution in [0.1, 0.15) is 60.8 Å². The van der Waals surface area contributed by atoms with Crippen molar-refractivity contribution in [3.63, 3.8) is 0 Å². The molecule has 0 aliphatic heterocycles. The lowest BCUT2D eigenvalue weighted by Crippen LogP contribution is -2.09. The molecule has 0 N–H and O–H groups in total. The van der Waals surface area contributed by atoms with Gasteiger partial charge in [0.25, 0.3) is 0 Å². The molecule has 0 amide bonds. The third kappa shape index (κ3) is 13.3. The van der Waals surface area contributed by atoms with Gasteiger partial charge in [0.15, 0.2) is 0 Å². The van der Waals surface area contributed by atoms with Crippen LogP contribution in [0.5, 0.6) is 0 Å². The van der Waals surface area contributed by atoms with Crippen molar-refractivity contribution >= 4 is 12.4 Å². The first-order chi connectivity index (χ1) is 6.71. The molecule has 0 aliphatic rings. The zero-order chi connectivity index (χ0) is 11.9. The Morgan fingerprint density at radius 1 is 0.733 bits per heavy atom. The van der Waals surface area contributed by atoms with Crippen LogP contribution in [-0.4, -0.2) is 23.5 Å². The van der Waals surface area contributed by atoms with Gasteiger partial charge in [-0.1, -0.05) is 0 Å². The van der Waals surface area contributed by atoms with E-state index in [4.69, 9.17) is 0 Å². The highest BCUT2D eigenvalue weighted by Crippen LogP contribution is 2.07. The van der Waals surface area contributed by atoms with Crippen molar-refractivity contribution in [2.24, 2.45) is 9.98 Å². The molecule has 0 aromatic heterocycles. The highest BCUT2D eigenvalue weighted by molar-refractivity contribution is 5.61. The van der Waals surface area contributed by atoms with Gasteiger partial charge in [-0.25, -0.2) is 0 Å². The second-order valence-electron chi connectivity index (χ2n) is 5.90. The summed E-state index contributed by atoms with van der Waals surface area (Å²) in [4.78, 5) is 8.87. The molecule has 88 valence electrons. The average Bonchev–Trinajstić information content (AvgIpc) is 1.98. The van der Waals surface area contributed by atoms with Crippen molar-refractivity contribution in [2.45, 2.75) is 71.9 Å². The van der Waals surface area contributed by atoms with Crippen molar-refractivity contribution in [1.29, 1.82) is 0 Å². The number of hydrogen-bond donors (Lipinski definition) is 0. The van der Waals surface area contributed by atoms with Gasteiger partial charge in [0.2, 0.25) is 0 Å². The minimum atomic E-state index is 0.0689. The van der Waals surface area contributed by atoms with E-state index in [2.05, 4.69) is 51.5 Å². The standard InChI is InChI=1S/C13H26N2/c1-12(2,3)14-10-8-7-9-11-15-13(4,5)6/h10-11H,7-9H2,1-6H3. The monoisotopic (exact) mass is 210 g/mol. The Kier molecular flexibility index (Phi) is 5.77. The average molecular weight is 210 g/mol. The molecule has 0 aliphatic carbocycles. The molecule has 15 heavy (non-hydrogen) atoms. The maximum absolute atomic E-state index is 4.43. The lowest BCUT2D eigenvalue weighted by Gasteiger charge is -2.11. The summed E-state index contributed by atoms with van der Waals surface area (Å²) in [7, 11) is 0.